The Balaban J connectivity index is 2.42. The van der Waals surface area contributed by atoms with Gasteiger partial charge in [-0.05, 0) is 43.7 Å². The lowest BCUT2D eigenvalue weighted by atomic mass is 10.1. The van der Waals surface area contributed by atoms with Crippen LogP contribution in [0.3, 0.4) is 0 Å². The van der Waals surface area contributed by atoms with E-state index in [9.17, 15) is 9.59 Å². The molecule has 0 aliphatic carbocycles. The first kappa shape index (κ1) is 14.4. The fraction of sp³-hybridized carbons (Fsp3) is 0.429. The first-order valence-electron chi connectivity index (χ1n) is 6.10. The Bertz CT molecular complexity index is 410. The number of anilines is 1. The molecule has 4 heteroatoms. The van der Waals surface area contributed by atoms with Crippen LogP contribution in [0.2, 0.25) is 0 Å². The van der Waals surface area contributed by atoms with Crippen molar-refractivity contribution in [2.24, 2.45) is 5.92 Å². The van der Waals surface area contributed by atoms with Gasteiger partial charge in [-0.1, -0.05) is 13.8 Å². The van der Waals surface area contributed by atoms with E-state index in [1.54, 1.807) is 24.3 Å². The van der Waals surface area contributed by atoms with Gasteiger partial charge >= 0.3 is 0 Å². The minimum absolute atomic E-state index is 0.0199. The van der Waals surface area contributed by atoms with Gasteiger partial charge < -0.3 is 10.6 Å². The lowest BCUT2D eigenvalue weighted by Gasteiger charge is -2.08. The normalized spacial score (nSPS) is 10.4. The van der Waals surface area contributed by atoms with Gasteiger partial charge in [-0.25, -0.2) is 0 Å². The van der Waals surface area contributed by atoms with Crippen LogP contribution in [0.4, 0.5) is 5.69 Å². The van der Waals surface area contributed by atoms with Crippen LogP contribution in [0.1, 0.15) is 31.1 Å². The molecular formula is C14H20N2O2. The van der Waals surface area contributed by atoms with Crippen molar-refractivity contribution in [3.8, 4) is 0 Å². The summed E-state index contributed by atoms with van der Waals surface area (Å²) in [5.41, 5.74) is 1.35. The molecule has 0 saturated carbocycles. The van der Waals surface area contributed by atoms with Crippen LogP contribution >= 0.6 is 0 Å². The van der Waals surface area contributed by atoms with E-state index in [1.165, 1.54) is 6.92 Å². The summed E-state index contributed by atoms with van der Waals surface area (Å²) in [6, 6.07) is 6.88. The molecule has 0 atom stereocenters. The van der Waals surface area contributed by atoms with Gasteiger partial charge in [0.2, 0.25) is 5.91 Å². The van der Waals surface area contributed by atoms with E-state index in [0.717, 1.165) is 6.54 Å². The van der Waals surface area contributed by atoms with Crippen LogP contribution in [0, 0.1) is 5.92 Å². The average molecular weight is 248 g/mol. The van der Waals surface area contributed by atoms with Crippen molar-refractivity contribution in [2.45, 2.75) is 20.8 Å². The standard InChI is InChI=1S/C14H20N2O2/c1-10(2)8-15-9-14(18)16-13-6-4-12(5-7-13)11(3)17/h4-7,10,15H,8-9H2,1-3H3,(H,16,18). The number of carbonyl (C=O) groups excluding carboxylic acids is 2. The molecule has 0 unspecified atom stereocenters. The molecule has 4 nitrogen and oxygen atoms in total. The van der Waals surface area contributed by atoms with Gasteiger partial charge in [0.05, 0.1) is 6.54 Å². The van der Waals surface area contributed by atoms with E-state index in [2.05, 4.69) is 24.5 Å². The Morgan fingerprint density at radius 2 is 1.78 bits per heavy atom. The van der Waals surface area contributed by atoms with Crippen molar-refractivity contribution >= 4 is 17.4 Å². The van der Waals surface area contributed by atoms with Gasteiger partial charge in [0.15, 0.2) is 5.78 Å². The second-order valence-corrected chi connectivity index (χ2v) is 4.71. The maximum absolute atomic E-state index is 11.6. The number of hydrogen-bond acceptors (Lipinski definition) is 3. The molecular weight excluding hydrogens is 228 g/mol. The van der Waals surface area contributed by atoms with Gasteiger partial charge in [0.25, 0.3) is 0 Å². The summed E-state index contributed by atoms with van der Waals surface area (Å²) in [4.78, 5) is 22.7. The second-order valence-electron chi connectivity index (χ2n) is 4.71. The zero-order chi connectivity index (χ0) is 13.5. The van der Waals surface area contributed by atoms with Crippen LogP contribution in [0.5, 0.6) is 0 Å². The highest BCUT2D eigenvalue weighted by Crippen LogP contribution is 2.09. The molecule has 2 N–H and O–H groups in total. The molecule has 0 aliphatic heterocycles. The summed E-state index contributed by atoms with van der Waals surface area (Å²) in [5.74, 6) is 0.463. The second kappa shape index (κ2) is 6.91. The minimum atomic E-state index is -0.0776. The maximum atomic E-state index is 11.6. The van der Waals surface area contributed by atoms with E-state index in [4.69, 9.17) is 0 Å². The number of carbonyl (C=O) groups is 2. The molecule has 0 aliphatic rings. The highest BCUT2D eigenvalue weighted by Gasteiger charge is 2.03. The highest BCUT2D eigenvalue weighted by atomic mass is 16.2. The third kappa shape index (κ3) is 5.10. The van der Waals surface area contributed by atoms with Crippen LogP contribution in [-0.2, 0) is 4.79 Å². The van der Waals surface area contributed by atoms with Crippen LogP contribution < -0.4 is 10.6 Å². The number of amides is 1. The molecule has 0 aromatic heterocycles. The smallest absolute Gasteiger partial charge is 0.238 e. The number of benzene rings is 1. The minimum Gasteiger partial charge on any atom is -0.325 e. The zero-order valence-electron chi connectivity index (χ0n) is 11.1. The van der Waals surface area contributed by atoms with E-state index in [0.29, 0.717) is 23.7 Å². The van der Waals surface area contributed by atoms with Gasteiger partial charge in [-0.2, -0.15) is 0 Å². The van der Waals surface area contributed by atoms with Crippen molar-refractivity contribution in [3.63, 3.8) is 0 Å². The van der Waals surface area contributed by atoms with Crippen LogP contribution in [0.15, 0.2) is 24.3 Å². The highest BCUT2D eigenvalue weighted by molar-refractivity contribution is 5.96. The largest absolute Gasteiger partial charge is 0.325 e. The summed E-state index contributed by atoms with van der Waals surface area (Å²) in [7, 11) is 0. The van der Waals surface area contributed by atoms with E-state index in [1.807, 2.05) is 0 Å². The summed E-state index contributed by atoms with van der Waals surface area (Å²) >= 11 is 0. The molecule has 0 radical (unpaired) electrons. The summed E-state index contributed by atoms with van der Waals surface area (Å²) in [6.45, 7) is 6.81. The van der Waals surface area contributed by atoms with Crippen LogP contribution in [-0.4, -0.2) is 24.8 Å². The van der Waals surface area contributed by atoms with Gasteiger partial charge in [0, 0.05) is 11.3 Å². The summed E-state index contributed by atoms with van der Waals surface area (Å²) < 4.78 is 0. The Morgan fingerprint density at radius 1 is 1.17 bits per heavy atom. The lowest BCUT2D eigenvalue weighted by molar-refractivity contribution is -0.115. The number of hydrogen-bond donors (Lipinski definition) is 2. The van der Waals surface area contributed by atoms with Gasteiger partial charge in [-0.15, -0.1) is 0 Å². The molecule has 1 rings (SSSR count). The number of rotatable bonds is 6. The number of nitrogens with one attached hydrogen (secondary N) is 2. The van der Waals surface area contributed by atoms with Crippen molar-refractivity contribution < 1.29 is 9.59 Å². The van der Waals surface area contributed by atoms with Gasteiger partial charge in [0.1, 0.15) is 0 Å². The molecule has 98 valence electrons. The van der Waals surface area contributed by atoms with Gasteiger partial charge in [-0.3, -0.25) is 9.59 Å². The topological polar surface area (TPSA) is 58.2 Å². The third-order valence-electron chi connectivity index (χ3n) is 2.41. The molecule has 0 spiro atoms. The Labute approximate surface area is 108 Å². The predicted molar refractivity (Wildman–Crippen MR) is 72.8 cm³/mol. The third-order valence-corrected chi connectivity index (χ3v) is 2.41. The Hall–Kier alpha value is -1.68. The fourth-order valence-electron chi connectivity index (χ4n) is 1.47. The van der Waals surface area contributed by atoms with Crippen molar-refractivity contribution in [2.75, 3.05) is 18.4 Å². The molecule has 18 heavy (non-hydrogen) atoms. The van der Waals surface area contributed by atoms with E-state index in [-0.39, 0.29) is 11.7 Å². The van der Waals surface area contributed by atoms with Crippen LogP contribution in [0.25, 0.3) is 0 Å². The van der Waals surface area contributed by atoms with E-state index < -0.39 is 0 Å². The molecule has 0 saturated heterocycles. The average Bonchev–Trinajstić information content (AvgIpc) is 2.29. The lowest BCUT2D eigenvalue weighted by Crippen LogP contribution is -2.30. The fourth-order valence-corrected chi connectivity index (χ4v) is 1.47. The van der Waals surface area contributed by atoms with Crippen molar-refractivity contribution in [1.29, 1.82) is 0 Å². The summed E-state index contributed by atoms with van der Waals surface area (Å²) in [6.07, 6.45) is 0. The Kier molecular flexibility index (Phi) is 5.52. The monoisotopic (exact) mass is 248 g/mol. The van der Waals surface area contributed by atoms with Crippen molar-refractivity contribution in [3.05, 3.63) is 29.8 Å². The SMILES string of the molecule is CC(=O)c1ccc(NC(=O)CNCC(C)C)cc1. The predicted octanol–water partition coefficient (Wildman–Crippen LogP) is 2.07. The molecule has 0 bridgehead atoms. The molecule has 1 aromatic rings. The zero-order valence-corrected chi connectivity index (χ0v) is 11.1. The molecule has 1 amide bonds. The number of ketones is 1. The quantitative estimate of drug-likeness (QED) is 0.758. The first-order chi connectivity index (χ1) is 8.49. The molecule has 1 aromatic carbocycles. The van der Waals surface area contributed by atoms with E-state index >= 15 is 0 Å². The molecule has 0 heterocycles. The number of Topliss-reactive ketones (excluding diaryl/α,β-unsaturated/α-hetero) is 1. The molecule has 0 fully saturated rings. The van der Waals surface area contributed by atoms with Crippen molar-refractivity contribution in [1.82, 2.24) is 5.32 Å². The maximum Gasteiger partial charge on any atom is 0.238 e. The first-order valence-corrected chi connectivity index (χ1v) is 6.10. The Morgan fingerprint density at radius 3 is 2.28 bits per heavy atom. The summed E-state index contributed by atoms with van der Waals surface area (Å²) in [5, 5.41) is 5.84.